The monoisotopic (exact) mass is 433 g/mol. The van der Waals surface area contributed by atoms with E-state index in [9.17, 15) is 14.4 Å². The van der Waals surface area contributed by atoms with Crippen LogP contribution in [-0.4, -0.2) is 42.5 Å². The molecule has 0 fully saturated rings. The summed E-state index contributed by atoms with van der Waals surface area (Å²) in [4.78, 5) is 35.9. The first-order chi connectivity index (χ1) is 14.3. The molecule has 0 spiro atoms. The summed E-state index contributed by atoms with van der Waals surface area (Å²) in [5.74, 6) is -0.319. The highest BCUT2D eigenvalue weighted by Gasteiger charge is 2.24. The van der Waals surface area contributed by atoms with Gasteiger partial charge in [-0.2, -0.15) is 0 Å². The minimum absolute atomic E-state index is 0.0764. The molecular weight excluding hydrogens is 402 g/mol. The van der Waals surface area contributed by atoms with E-state index < -0.39 is 12.0 Å². The number of fused-ring (bicyclic) bond motifs is 1. The van der Waals surface area contributed by atoms with Crippen LogP contribution in [-0.2, 0) is 19.1 Å². The molecule has 1 amide bonds. The Bertz CT molecular complexity index is 868. The molecule has 2 unspecified atom stereocenters. The zero-order chi connectivity index (χ0) is 22.7. The SMILES string of the molecule is CC.CCOC(=O)C(CSC(=O)C(C)c1ccc2cc(OC)ccc2c1)NC(C)=O. The molecule has 2 rings (SSSR count). The molecule has 2 aromatic carbocycles. The first-order valence-electron chi connectivity index (χ1n) is 10.0. The normalized spacial score (nSPS) is 12.2. The van der Waals surface area contributed by atoms with Gasteiger partial charge >= 0.3 is 5.97 Å². The average molecular weight is 434 g/mol. The first-order valence-corrected chi connectivity index (χ1v) is 11.0. The van der Waals surface area contributed by atoms with Gasteiger partial charge in [0.25, 0.3) is 0 Å². The number of methoxy groups -OCH3 is 1. The summed E-state index contributed by atoms with van der Waals surface area (Å²) in [6, 6.07) is 10.8. The molecule has 164 valence electrons. The van der Waals surface area contributed by atoms with Gasteiger partial charge in [-0.05, 0) is 35.4 Å². The van der Waals surface area contributed by atoms with E-state index in [0.29, 0.717) is 0 Å². The summed E-state index contributed by atoms with van der Waals surface area (Å²) in [5.41, 5.74) is 0.891. The standard InChI is InChI=1S/C21H25NO5S.C2H6/c1-5-27-20(24)19(22-14(3)23)12-28-21(25)13(2)15-6-7-17-11-18(26-4)9-8-16(17)10-15;1-2/h6-11,13,19H,5,12H2,1-4H3,(H,22,23);1-2H3. The summed E-state index contributed by atoms with van der Waals surface area (Å²) in [7, 11) is 1.62. The Morgan fingerprint density at radius 2 is 1.70 bits per heavy atom. The van der Waals surface area contributed by atoms with Gasteiger partial charge in [-0.15, -0.1) is 0 Å². The lowest BCUT2D eigenvalue weighted by Crippen LogP contribution is -2.43. The molecule has 0 bridgehead atoms. The van der Waals surface area contributed by atoms with Crippen molar-refractivity contribution in [2.45, 2.75) is 46.6 Å². The quantitative estimate of drug-likeness (QED) is 0.625. The number of rotatable bonds is 8. The number of hydrogen-bond acceptors (Lipinski definition) is 6. The molecule has 7 heteroatoms. The fourth-order valence-corrected chi connectivity index (χ4v) is 3.66. The minimum Gasteiger partial charge on any atom is -0.497 e. The van der Waals surface area contributed by atoms with Gasteiger partial charge in [-0.1, -0.05) is 56.8 Å². The van der Waals surface area contributed by atoms with Gasteiger partial charge in [0.05, 0.1) is 19.6 Å². The molecular formula is C23H31NO5S. The molecule has 0 radical (unpaired) electrons. The molecule has 0 aromatic heterocycles. The maximum Gasteiger partial charge on any atom is 0.329 e. The predicted octanol–water partition coefficient (Wildman–Crippen LogP) is 4.31. The van der Waals surface area contributed by atoms with E-state index in [4.69, 9.17) is 9.47 Å². The number of esters is 1. The lowest BCUT2D eigenvalue weighted by molar-refractivity contribution is -0.146. The summed E-state index contributed by atoms with van der Waals surface area (Å²) >= 11 is 1.02. The van der Waals surface area contributed by atoms with E-state index in [1.807, 2.05) is 57.2 Å². The van der Waals surface area contributed by atoms with Crippen molar-refractivity contribution in [2.24, 2.45) is 0 Å². The van der Waals surface area contributed by atoms with Crippen LogP contribution < -0.4 is 10.1 Å². The van der Waals surface area contributed by atoms with Crippen LogP contribution in [0.2, 0.25) is 0 Å². The van der Waals surface area contributed by atoms with E-state index in [2.05, 4.69) is 5.32 Å². The van der Waals surface area contributed by atoms with Crippen molar-refractivity contribution in [3.63, 3.8) is 0 Å². The fraction of sp³-hybridized carbons (Fsp3) is 0.435. The van der Waals surface area contributed by atoms with Gasteiger partial charge in [0.1, 0.15) is 11.8 Å². The van der Waals surface area contributed by atoms with Gasteiger partial charge < -0.3 is 14.8 Å². The maximum atomic E-state index is 12.6. The molecule has 0 saturated heterocycles. The Kier molecular flexibility index (Phi) is 11.0. The molecule has 2 aromatic rings. The minimum atomic E-state index is -0.845. The number of carbonyl (C=O) groups excluding carboxylic acids is 3. The van der Waals surface area contributed by atoms with E-state index in [-0.39, 0.29) is 29.3 Å². The van der Waals surface area contributed by atoms with Crippen molar-refractivity contribution in [3.8, 4) is 5.75 Å². The molecule has 0 heterocycles. The van der Waals surface area contributed by atoms with Crippen LogP contribution in [0.1, 0.15) is 46.1 Å². The van der Waals surface area contributed by atoms with Crippen molar-refractivity contribution >= 4 is 39.5 Å². The molecule has 0 aliphatic heterocycles. The molecule has 2 atom stereocenters. The maximum absolute atomic E-state index is 12.6. The van der Waals surface area contributed by atoms with Crippen molar-refractivity contribution in [1.29, 1.82) is 0 Å². The Morgan fingerprint density at radius 1 is 1.07 bits per heavy atom. The van der Waals surface area contributed by atoms with Crippen LogP contribution in [0.4, 0.5) is 0 Å². The van der Waals surface area contributed by atoms with Crippen molar-refractivity contribution in [2.75, 3.05) is 19.5 Å². The highest BCUT2D eigenvalue weighted by Crippen LogP contribution is 2.28. The Balaban J connectivity index is 0.00000218. The van der Waals surface area contributed by atoms with Gasteiger partial charge in [0.15, 0.2) is 5.12 Å². The number of thioether (sulfide) groups is 1. The first kappa shape index (κ1) is 25.5. The van der Waals surface area contributed by atoms with E-state index in [1.165, 1.54) is 6.92 Å². The summed E-state index contributed by atoms with van der Waals surface area (Å²) in [6.07, 6.45) is 0. The van der Waals surface area contributed by atoms with Gasteiger partial charge in [0.2, 0.25) is 5.91 Å². The zero-order valence-corrected chi connectivity index (χ0v) is 19.3. The second-order valence-corrected chi connectivity index (χ2v) is 7.35. The highest BCUT2D eigenvalue weighted by atomic mass is 32.2. The number of benzene rings is 2. The third kappa shape index (κ3) is 7.37. The Labute approximate surface area is 182 Å². The molecule has 0 aliphatic carbocycles. The number of ether oxygens (including phenoxy) is 2. The summed E-state index contributed by atoms with van der Waals surface area (Å²) in [5, 5.41) is 4.51. The number of hydrogen-bond donors (Lipinski definition) is 1. The second-order valence-electron chi connectivity index (χ2n) is 6.33. The van der Waals surface area contributed by atoms with Crippen LogP contribution in [0.5, 0.6) is 5.75 Å². The second kappa shape index (κ2) is 12.9. The lowest BCUT2D eigenvalue weighted by atomic mass is 9.99. The number of nitrogens with one attached hydrogen (secondary N) is 1. The molecule has 30 heavy (non-hydrogen) atoms. The van der Waals surface area contributed by atoms with Gasteiger partial charge in [-0.25, -0.2) is 4.79 Å². The number of carbonyl (C=O) groups is 3. The van der Waals surface area contributed by atoms with Crippen LogP contribution in [0, 0.1) is 0 Å². The lowest BCUT2D eigenvalue weighted by Gasteiger charge is -2.17. The van der Waals surface area contributed by atoms with Crippen molar-refractivity contribution in [3.05, 3.63) is 42.0 Å². The molecule has 0 saturated carbocycles. The van der Waals surface area contributed by atoms with Gasteiger partial charge in [0, 0.05) is 12.7 Å². The van der Waals surface area contributed by atoms with E-state index >= 15 is 0 Å². The average Bonchev–Trinajstić information content (AvgIpc) is 2.76. The summed E-state index contributed by atoms with van der Waals surface area (Å²) in [6.45, 7) is 9.06. The Hall–Kier alpha value is -2.54. The van der Waals surface area contributed by atoms with Crippen LogP contribution in [0.3, 0.4) is 0 Å². The van der Waals surface area contributed by atoms with E-state index in [1.54, 1.807) is 14.0 Å². The molecule has 1 N–H and O–H groups in total. The van der Waals surface area contributed by atoms with Crippen molar-refractivity contribution < 1.29 is 23.9 Å². The smallest absolute Gasteiger partial charge is 0.329 e. The topological polar surface area (TPSA) is 81.7 Å². The fourth-order valence-electron chi connectivity index (χ4n) is 2.72. The molecule has 0 aliphatic rings. The molecule has 6 nitrogen and oxygen atoms in total. The zero-order valence-electron chi connectivity index (χ0n) is 18.5. The largest absolute Gasteiger partial charge is 0.497 e. The van der Waals surface area contributed by atoms with Crippen LogP contribution in [0.15, 0.2) is 36.4 Å². The van der Waals surface area contributed by atoms with Crippen LogP contribution in [0.25, 0.3) is 10.8 Å². The Morgan fingerprint density at radius 3 is 2.30 bits per heavy atom. The number of amides is 1. The highest BCUT2D eigenvalue weighted by molar-refractivity contribution is 8.13. The summed E-state index contributed by atoms with van der Waals surface area (Å²) < 4.78 is 10.2. The van der Waals surface area contributed by atoms with Gasteiger partial charge in [-0.3, -0.25) is 9.59 Å². The third-order valence-corrected chi connectivity index (χ3v) is 5.40. The third-order valence-electron chi connectivity index (χ3n) is 4.27. The van der Waals surface area contributed by atoms with Crippen LogP contribution >= 0.6 is 11.8 Å². The predicted molar refractivity (Wildman–Crippen MR) is 122 cm³/mol. The van der Waals surface area contributed by atoms with E-state index in [0.717, 1.165) is 33.8 Å². The van der Waals surface area contributed by atoms with Crippen molar-refractivity contribution in [1.82, 2.24) is 5.32 Å².